The highest BCUT2D eigenvalue weighted by Gasteiger charge is 2.17. The lowest BCUT2D eigenvalue weighted by Gasteiger charge is -1.95. The molecule has 0 spiro atoms. The van der Waals surface area contributed by atoms with Crippen LogP contribution in [0.15, 0.2) is 29.2 Å². The Morgan fingerprint density at radius 3 is 2.26 bits per heavy atom. The fourth-order valence-corrected chi connectivity index (χ4v) is 1.69. The molecule has 1 aromatic carbocycles. The Labute approximate surface area is 114 Å². The first-order chi connectivity index (χ1) is 8.93. The first-order valence-corrected chi connectivity index (χ1v) is 7.51. The molecule has 0 atom stereocenters. The minimum Gasteiger partial charge on any atom is -0.395 e. The van der Waals surface area contributed by atoms with Crippen molar-refractivity contribution in [2.75, 3.05) is 6.61 Å². The summed E-state index contributed by atoms with van der Waals surface area (Å²) >= 11 is 0. The molecule has 0 bridgehead atoms. The minimum absolute atomic E-state index is 0.0666. The van der Waals surface area contributed by atoms with Crippen LogP contribution in [0, 0.1) is 24.7 Å². The van der Waals surface area contributed by atoms with Crippen molar-refractivity contribution in [1.29, 1.82) is 0 Å². The van der Waals surface area contributed by atoms with Crippen LogP contribution in [-0.4, -0.2) is 24.7 Å². The fraction of sp³-hybridized carbons (Fsp3) is 0.429. The van der Waals surface area contributed by atoms with E-state index in [2.05, 4.69) is 11.8 Å². The first kappa shape index (κ1) is 15.7. The van der Waals surface area contributed by atoms with Crippen LogP contribution < -0.4 is 0 Å². The molecule has 0 saturated heterocycles. The van der Waals surface area contributed by atoms with E-state index in [0.29, 0.717) is 12.3 Å². The standard InChI is InChI=1S/C7H8O3S.C7H10O/c1-6-2-4-7(5-3-6)11(8,9)10;8-6-2-1-3-7-4-5-7/h2-5H,1H3,(H,8,9,10);7-8H,2,4-6H2. The van der Waals surface area contributed by atoms with E-state index in [-0.39, 0.29) is 11.5 Å². The summed E-state index contributed by atoms with van der Waals surface area (Å²) in [4.78, 5) is -0.0666. The Morgan fingerprint density at radius 2 is 1.84 bits per heavy atom. The van der Waals surface area contributed by atoms with E-state index in [9.17, 15) is 8.42 Å². The number of hydrogen-bond acceptors (Lipinski definition) is 3. The lowest BCUT2D eigenvalue weighted by Crippen LogP contribution is -1.96. The quantitative estimate of drug-likeness (QED) is 0.643. The molecule has 1 aromatic rings. The van der Waals surface area contributed by atoms with Crippen LogP contribution in [0.2, 0.25) is 0 Å². The van der Waals surface area contributed by atoms with Crippen molar-refractivity contribution in [2.45, 2.75) is 31.1 Å². The normalized spacial score (nSPS) is 13.8. The second kappa shape index (κ2) is 7.29. The zero-order valence-corrected chi connectivity index (χ0v) is 11.7. The van der Waals surface area contributed by atoms with Gasteiger partial charge in [-0.15, -0.1) is 5.92 Å². The number of hydrogen-bond donors (Lipinski definition) is 2. The molecule has 1 fully saturated rings. The van der Waals surface area contributed by atoms with Crippen molar-refractivity contribution in [3.8, 4) is 11.8 Å². The smallest absolute Gasteiger partial charge is 0.294 e. The van der Waals surface area contributed by atoms with Gasteiger partial charge >= 0.3 is 0 Å². The van der Waals surface area contributed by atoms with Gasteiger partial charge in [0.2, 0.25) is 0 Å². The largest absolute Gasteiger partial charge is 0.395 e. The molecular weight excluding hydrogens is 264 g/mol. The Balaban J connectivity index is 0.000000200. The second-order valence-corrected chi connectivity index (χ2v) is 5.78. The second-order valence-electron chi connectivity index (χ2n) is 4.36. The average Bonchev–Trinajstić information content (AvgIpc) is 3.14. The van der Waals surface area contributed by atoms with E-state index in [1.165, 1.54) is 25.0 Å². The molecule has 0 heterocycles. The maximum Gasteiger partial charge on any atom is 0.294 e. The highest BCUT2D eigenvalue weighted by molar-refractivity contribution is 7.85. The van der Waals surface area contributed by atoms with Crippen molar-refractivity contribution < 1.29 is 18.1 Å². The number of benzene rings is 1. The summed E-state index contributed by atoms with van der Waals surface area (Å²) < 4.78 is 29.6. The lowest BCUT2D eigenvalue weighted by atomic mass is 10.2. The van der Waals surface area contributed by atoms with E-state index in [1.807, 2.05) is 6.92 Å². The van der Waals surface area contributed by atoms with Crippen molar-refractivity contribution in [3.63, 3.8) is 0 Å². The molecular formula is C14H18O4S. The van der Waals surface area contributed by atoms with Gasteiger partial charge in [0.15, 0.2) is 0 Å². The Bertz CT molecular complexity index is 545. The zero-order valence-electron chi connectivity index (χ0n) is 10.8. The molecule has 0 unspecified atom stereocenters. The molecule has 1 saturated carbocycles. The van der Waals surface area contributed by atoms with E-state index in [4.69, 9.17) is 9.66 Å². The topological polar surface area (TPSA) is 74.6 Å². The number of aryl methyl sites for hydroxylation is 1. The van der Waals surface area contributed by atoms with Crippen molar-refractivity contribution in [3.05, 3.63) is 29.8 Å². The number of aliphatic hydroxyl groups excluding tert-OH is 1. The third kappa shape index (κ3) is 6.97. The van der Waals surface area contributed by atoms with Gasteiger partial charge in [0, 0.05) is 12.3 Å². The predicted octanol–water partition coefficient (Wildman–Crippen LogP) is 2.02. The van der Waals surface area contributed by atoms with Gasteiger partial charge < -0.3 is 5.11 Å². The predicted molar refractivity (Wildman–Crippen MR) is 73.2 cm³/mol. The lowest BCUT2D eigenvalue weighted by molar-refractivity contribution is 0.305. The molecule has 4 nitrogen and oxygen atoms in total. The molecule has 0 radical (unpaired) electrons. The monoisotopic (exact) mass is 282 g/mol. The Kier molecular flexibility index (Phi) is 6.03. The van der Waals surface area contributed by atoms with Gasteiger partial charge in [-0.1, -0.05) is 23.6 Å². The summed E-state index contributed by atoms with van der Waals surface area (Å²) in [6.07, 6.45) is 3.20. The molecule has 0 aromatic heterocycles. The van der Waals surface area contributed by atoms with E-state index in [0.717, 1.165) is 5.56 Å². The van der Waals surface area contributed by atoms with Gasteiger partial charge in [-0.05, 0) is 31.9 Å². The molecule has 1 aliphatic carbocycles. The van der Waals surface area contributed by atoms with Crippen LogP contribution in [0.25, 0.3) is 0 Å². The van der Waals surface area contributed by atoms with Crippen molar-refractivity contribution >= 4 is 10.1 Å². The molecule has 0 amide bonds. The van der Waals surface area contributed by atoms with Gasteiger partial charge in [0.1, 0.15) is 0 Å². The van der Waals surface area contributed by atoms with Gasteiger partial charge in [-0.3, -0.25) is 4.55 Å². The van der Waals surface area contributed by atoms with Gasteiger partial charge in [-0.25, -0.2) is 0 Å². The number of rotatable bonds is 2. The Hall–Kier alpha value is -1.35. The van der Waals surface area contributed by atoms with Gasteiger partial charge in [0.05, 0.1) is 11.5 Å². The summed E-state index contributed by atoms with van der Waals surface area (Å²) in [5.74, 6) is 6.63. The number of aliphatic hydroxyl groups is 1. The third-order valence-electron chi connectivity index (χ3n) is 2.44. The van der Waals surface area contributed by atoms with Crippen molar-refractivity contribution in [1.82, 2.24) is 0 Å². The molecule has 104 valence electrons. The first-order valence-electron chi connectivity index (χ1n) is 6.07. The molecule has 19 heavy (non-hydrogen) atoms. The maximum absolute atomic E-state index is 10.5. The van der Waals surface area contributed by atoms with Crippen LogP contribution in [0.1, 0.15) is 24.8 Å². The molecule has 2 rings (SSSR count). The van der Waals surface area contributed by atoms with Crippen LogP contribution in [0.3, 0.4) is 0 Å². The van der Waals surface area contributed by atoms with Crippen LogP contribution in [-0.2, 0) is 10.1 Å². The highest BCUT2D eigenvalue weighted by atomic mass is 32.2. The van der Waals surface area contributed by atoms with E-state index >= 15 is 0 Å². The van der Waals surface area contributed by atoms with E-state index in [1.54, 1.807) is 12.1 Å². The van der Waals surface area contributed by atoms with Crippen LogP contribution in [0.5, 0.6) is 0 Å². The molecule has 0 aliphatic heterocycles. The summed E-state index contributed by atoms with van der Waals surface area (Å²) in [6, 6.07) is 5.99. The highest BCUT2D eigenvalue weighted by Crippen LogP contribution is 2.27. The van der Waals surface area contributed by atoms with Gasteiger partial charge in [0.25, 0.3) is 10.1 Å². The summed E-state index contributed by atoms with van der Waals surface area (Å²) in [5, 5.41) is 8.30. The van der Waals surface area contributed by atoms with Gasteiger partial charge in [-0.2, -0.15) is 8.42 Å². The Morgan fingerprint density at radius 1 is 1.26 bits per heavy atom. The molecule has 1 aliphatic rings. The fourth-order valence-electron chi connectivity index (χ4n) is 1.21. The minimum atomic E-state index is -4.02. The summed E-state index contributed by atoms with van der Waals surface area (Å²) in [5.41, 5.74) is 0.956. The van der Waals surface area contributed by atoms with E-state index < -0.39 is 10.1 Å². The zero-order chi connectivity index (χ0) is 14.3. The summed E-state index contributed by atoms with van der Waals surface area (Å²) in [6.45, 7) is 2.05. The van der Waals surface area contributed by atoms with Crippen molar-refractivity contribution in [2.24, 2.45) is 5.92 Å². The SMILES string of the molecule is Cc1ccc(S(=O)(=O)O)cc1.OCCC#CC1CC1. The molecule has 5 heteroatoms. The third-order valence-corrected chi connectivity index (χ3v) is 3.31. The van der Waals surface area contributed by atoms with Crippen LogP contribution in [0.4, 0.5) is 0 Å². The average molecular weight is 282 g/mol. The summed E-state index contributed by atoms with van der Waals surface area (Å²) in [7, 11) is -4.02. The maximum atomic E-state index is 10.5. The van der Waals surface area contributed by atoms with Crippen LogP contribution >= 0.6 is 0 Å². The molecule has 2 N–H and O–H groups in total.